The summed E-state index contributed by atoms with van der Waals surface area (Å²) in [5, 5.41) is 11.3. The zero-order valence-corrected chi connectivity index (χ0v) is 11.5. The van der Waals surface area contributed by atoms with Crippen molar-refractivity contribution in [2.45, 2.75) is 0 Å². The molecule has 0 heterocycles. The maximum absolute atomic E-state index is 8.85. The summed E-state index contributed by atoms with van der Waals surface area (Å²) in [5.74, 6) is 0. The Bertz CT molecular complexity index is 347. The Hall–Kier alpha value is 0.480. The van der Waals surface area contributed by atoms with Gasteiger partial charge >= 0.3 is 25.8 Å². The predicted molar refractivity (Wildman–Crippen MR) is 41.7 cm³/mol. The summed E-state index contributed by atoms with van der Waals surface area (Å²) < 4.78 is 79.7. The van der Waals surface area contributed by atoms with Gasteiger partial charge in [-0.25, -0.2) is 40.7 Å². The average molecular weight is 333 g/mol. The zero-order valence-electron chi connectivity index (χ0n) is 7.21. The summed E-state index contributed by atoms with van der Waals surface area (Å²) >= 11 is 0. The van der Waals surface area contributed by atoms with E-state index in [2.05, 4.69) is 15.4 Å². The molecule has 16 heteroatoms. The summed E-state index contributed by atoms with van der Waals surface area (Å²) in [6, 6.07) is 0. The average Bonchev–Trinajstić information content (AvgIpc) is 1.41. The van der Waals surface area contributed by atoms with Gasteiger partial charge in [-0.3, -0.25) is 0 Å². The fraction of sp³-hybridized carbons (Fsp3) is 0. The Labute approximate surface area is 111 Å². The van der Waals surface area contributed by atoms with Crippen LogP contribution in [-0.4, -0.2) is 38.9 Å². The molecular formula is H6N3O9S3Sc. The van der Waals surface area contributed by atoms with Crippen molar-refractivity contribution >= 4 is 30.9 Å². The monoisotopic (exact) mass is 333 g/mol. The first-order chi connectivity index (χ1) is 6.00. The van der Waals surface area contributed by atoms with Gasteiger partial charge in [-0.05, 0) is 0 Å². The Kier molecular flexibility index (Phi) is 15.1. The molecule has 0 atom stereocenters. The normalized spacial score (nSPS) is 10.9. The fourth-order valence-corrected chi connectivity index (χ4v) is 0. The van der Waals surface area contributed by atoms with E-state index in [1.165, 1.54) is 0 Å². The van der Waals surface area contributed by atoms with Crippen molar-refractivity contribution in [2.24, 2.45) is 15.4 Å². The fourth-order valence-electron chi connectivity index (χ4n) is 0. The van der Waals surface area contributed by atoms with E-state index in [0.717, 1.165) is 0 Å². The maximum Gasteiger partial charge on any atom is 3.00 e. The summed E-state index contributed by atoms with van der Waals surface area (Å²) in [7, 11) is -13.2. The van der Waals surface area contributed by atoms with E-state index in [0.29, 0.717) is 0 Å². The van der Waals surface area contributed by atoms with Gasteiger partial charge in [0.2, 0.25) is 0 Å². The van der Waals surface area contributed by atoms with E-state index in [1.807, 2.05) is 0 Å². The van der Waals surface area contributed by atoms with E-state index in [4.69, 9.17) is 38.9 Å². The first-order valence-electron chi connectivity index (χ1n) is 2.21. The van der Waals surface area contributed by atoms with Crippen molar-refractivity contribution in [3.8, 4) is 0 Å². The van der Waals surface area contributed by atoms with Crippen LogP contribution < -0.4 is 15.4 Å². The topological polar surface area (TPSA) is 250 Å². The minimum Gasteiger partial charge on any atom is -0.736 e. The summed E-state index contributed by atoms with van der Waals surface area (Å²) in [5.41, 5.74) is 0. The van der Waals surface area contributed by atoms with E-state index in [1.54, 1.807) is 0 Å². The molecule has 0 radical (unpaired) electrons. The molecule has 0 spiro atoms. The van der Waals surface area contributed by atoms with E-state index in [-0.39, 0.29) is 25.8 Å². The quantitative estimate of drug-likeness (QED) is 0.359. The van der Waals surface area contributed by atoms with Crippen LogP contribution >= 0.6 is 0 Å². The molecule has 0 amide bonds. The smallest absolute Gasteiger partial charge is 0.736 e. The van der Waals surface area contributed by atoms with Crippen LogP contribution in [0, 0.1) is 0 Å². The van der Waals surface area contributed by atoms with E-state index < -0.39 is 30.9 Å². The number of hydrogen-bond acceptors (Lipinski definition) is 9. The Morgan fingerprint density at radius 1 is 0.562 bits per heavy atom. The summed E-state index contributed by atoms with van der Waals surface area (Å²) in [6.45, 7) is 0. The van der Waals surface area contributed by atoms with Crippen molar-refractivity contribution in [3.05, 3.63) is 0 Å². The molecule has 16 heavy (non-hydrogen) atoms. The van der Waals surface area contributed by atoms with Crippen LogP contribution in [0.2, 0.25) is 0 Å². The molecule has 0 fully saturated rings. The third kappa shape index (κ3) is 11400. The van der Waals surface area contributed by atoms with Crippen molar-refractivity contribution in [3.63, 3.8) is 0 Å². The molecular weight excluding hydrogens is 327 g/mol. The molecule has 0 aromatic rings. The van der Waals surface area contributed by atoms with Crippen LogP contribution in [-0.2, 0) is 56.8 Å². The molecule has 0 aromatic carbocycles. The molecule has 0 rings (SSSR count). The second-order valence-electron chi connectivity index (χ2n) is 1.48. The molecule has 0 bridgehead atoms. The van der Waals surface area contributed by atoms with Crippen molar-refractivity contribution in [1.82, 2.24) is 0 Å². The standard InChI is InChI=1S/3H3NO3S.Sc/c3*1-5(2,3)4;/h3*(H3,1,2,3,4);/q;;;+3/p-3. The molecule has 6 N–H and O–H groups in total. The maximum atomic E-state index is 8.85. The van der Waals surface area contributed by atoms with Gasteiger partial charge in [-0.2, -0.15) is 0 Å². The van der Waals surface area contributed by atoms with Gasteiger partial charge in [0, 0.05) is 0 Å². The van der Waals surface area contributed by atoms with Gasteiger partial charge in [-0.15, -0.1) is 0 Å². The summed E-state index contributed by atoms with van der Waals surface area (Å²) in [4.78, 5) is 0. The summed E-state index contributed by atoms with van der Waals surface area (Å²) in [6.07, 6.45) is 0. The Morgan fingerprint density at radius 3 is 0.562 bits per heavy atom. The molecule has 0 aliphatic heterocycles. The number of nitrogens with two attached hydrogens (primary N) is 3. The SMILES string of the molecule is NS(=O)(=O)[O-].NS(=O)(=O)[O-].NS(=O)(=O)[O-].[Sc+3]. The van der Waals surface area contributed by atoms with Crippen LogP contribution in [0.25, 0.3) is 0 Å². The molecule has 0 aromatic heterocycles. The third-order valence-corrected chi connectivity index (χ3v) is 0. The minimum absolute atomic E-state index is 0. The largest absolute Gasteiger partial charge is 3.00 e. The van der Waals surface area contributed by atoms with Crippen LogP contribution in [0.3, 0.4) is 0 Å². The second-order valence-corrected chi connectivity index (χ2v) is 4.44. The Balaban J connectivity index is -0.0000000655. The van der Waals surface area contributed by atoms with Gasteiger partial charge in [-0.1, -0.05) is 0 Å². The molecule has 0 unspecified atom stereocenters. The molecule has 96 valence electrons. The van der Waals surface area contributed by atoms with Gasteiger partial charge in [0.15, 0.2) is 30.9 Å². The molecule has 12 nitrogen and oxygen atoms in total. The Morgan fingerprint density at radius 2 is 0.562 bits per heavy atom. The van der Waals surface area contributed by atoms with Crippen molar-refractivity contribution < 1.29 is 64.8 Å². The van der Waals surface area contributed by atoms with Gasteiger partial charge < -0.3 is 13.7 Å². The van der Waals surface area contributed by atoms with Crippen LogP contribution in [0.15, 0.2) is 0 Å². The number of hydrogen-bond donors (Lipinski definition) is 3. The van der Waals surface area contributed by atoms with Crippen molar-refractivity contribution in [2.75, 3.05) is 0 Å². The van der Waals surface area contributed by atoms with Gasteiger partial charge in [0.05, 0.1) is 0 Å². The predicted octanol–water partition coefficient (Wildman–Crippen LogP) is -4.79. The first-order valence-corrected chi connectivity index (χ1v) is 6.62. The number of rotatable bonds is 0. The van der Waals surface area contributed by atoms with Crippen molar-refractivity contribution in [1.29, 1.82) is 0 Å². The molecule has 0 saturated carbocycles. The van der Waals surface area contributed by atoms with Crippen LogP contribution in [0.1, 0.15) is 0 Å². The zero-order chi connectivity index (χ0) is 13.5. The van der Waals surface area contributed by atoms with Gasteiger partial charge in [0.25, 0.3) is 0 Å². The first kappa shape index (κ1) is 25.4. The second kappa shape index (κ2) is 9.50. The third-order valence-electron chi connectivity index (χ3n) is 0. The van der Waals surface area contributed by atoms with Crippen LogP contribution in [0.5, 0.6) is 0 Å². The molecule has 0 aliphatic rings. The minimum atomic E-state index is -4.42. The molecule has 0 saturated heterocycles. The van der Waals surface area contributed by atoms with E-state index in [9.17, 15) is 0 Å². The van der Waals surface area contributed by atoms with E-state index >= 15 is 0 Å². The van der Waals surface area contributed by atoms with Crippen LogP contribution in [0.4, 0.5) is 0 Å². The van der Waals surface area contributed by atoms with Gasteiger partial charge in [0.1, 0.15) is 0 Å². The molecule has 0 aliphatic carbocycles.